The zero-order valence-corrected chi connectivity index (χ0v) is 10.8. The van der Waals surface area contributed by atoms with Crippen LogP contribution in [0.15, 0.2) is 30.5 Å². The van der Waals surface area contributed by atoms with Crippen molar-refractivity contribution in [3.05, 3.63) is 41.2 Å². The van der Waals surface area contributed by atoms with Crippen molar-refractivity contribution in [2.45, 2.75) is 6.04 Å². The van der Waals surface area contributed by atoms with E-state index in [4.69, 9.17) is 11.6 Å². The minimum atomic E-state index is -0.291. The van der Waals surface area contributed by atoms with E-state index in [1.54, 1.807) is 35.1 Å². The number of nitrogens with zero attached hydrogens (tertiary/aromatic N) is 3. The van der Waals surface area contributed by atoms with Crippen molar-refractivity contribution in [3.63, 3.8) is 0 Å². The molecule has 1 aromatic heterocycles. The van der Waals surface area contributed by atoms with Crippen LogP contribution in [-0.2, 0) is 0 Å². The number of hydrogen-bond donors (Lipinski definition) is 2. The summed E-state index contributed by atoms with van der Waals surface area (Å²) in [6.45, 7) is 1.72. The van der Waals surface area contributed by atoms with Crippen LogP contribution >= 0.6 is 11.6 Å². The van der Waals surface area contributed by atoms with Gasteiger partial charge in [-0.2, -0.15) is 0 Å². The van der Waals surface area contributed by atoms with Crippen LogP contribution in [0, 0.1) is 0 Å². The first-order chi connectivity index (χ1) is 9.22. The van der Waals surface area contributed by atoms with Crippen LogP contribution in [0.2, 0.25) is 5.02 Å². The quantitative estimate of drug-likeness (QED) is 0.888. The molecule has 1 aliphatic heterocycles. The number of carbonyl (C=O) groups excluding carboxylic acids is 1. The Morgan fingerprint density at radius 3 is 3.00 bits per heavy atom. The Labute approximate surface area is 114 Å². The molecule has 6 nitrogen and oxygen atoms in total. The zero-order valence-electron chi connectivity index (χ0n) is 10.0. The fraction of sp³-hybridized carbons (Fsp3) is 0.250. The van der Waals surface area contributed by atoms with Gasteiger partial charge in [0, 0.05) is 23.8 Å². The standard InChI is InChI=1S/C12H12ClN5O/c13-8-2-1-3-9(4-8)15-12(19)11-7-18(17-16-11)10-5-14-6-10/h1-4,7,10,14H,5-6H2,(H,15,19). The van der Waals surface area contributed by atoms with E-state index in [-0.39, 0.29) is 5.91 Å². The average Bonchev–Trinajstić information content (AvgIpc) is 2.76. The molecule has 2 aromatic rings. The number of carbonyl (C=O) groups is 1. The maximum atomic E-state index is 12.0. The van der Waals surface area contributed by atoms with Crippen molar-refractivity contribution in [2.75, 3.05) is 18.4 Å². The van der Waals surface area contributed by atoms with E-state index in [0.717, 1.165) is 13.1 Å². The molecule has 1 fully saturated rings. The third-order valence-electron chi connectivity index (χ3n) is 2.96. The summed E-state index contributed by atoms with van der Waals surface area (Å²) in [7, 11) is 0. The number of amides is 1. The second kappa shape index (κ2) is 4.99. The Balaban J connectivity index is 1.71. The number of aromatic nitrogens is 3. The number of anilines is 1. The van der Waals surface area contributed by atoms with Gasteiger partial charge in [0.15, 0.2) is 5.69 Å². The Morgan fingerprint density at radius 2 is 2.32 bits per heavy atom. The fourth-order valence-corrected chi connectivity index (χ4v) is 1.97. The lowest BCUT2D eigenvalue weighted by Crippen LogP contribution is -2.43. The van der Waals surface area contributed by atoms with Gasteiger partial charge in [-0.3, -0.25) is 4.79 Å². The normalized spacial score (nSPS) is 15.0. The lowest BCUT2D eigenvalue weighted by molar-refractivity contribution is 0.102. The van der Waals surface area contributed by atoms with E-state index < -0.39 is 0 Å². The minimum absolute atomic E-state index is 0.291. The summed E-state index contributed by atoms with van der Waals surface area (Å²) in [6, 6.07) is 7.26. The molecule has 2 heterocycles. The number of rotatable bonds is 3. The van der Waals surface area contributed by atoms with Crippen LogP contribution in [0.5, 0.6) is 0 Å². The number of benzene rings is 1. The van der Waals surface area contributed by atoms with Crippen molar-refractivity contribution < 1.29 is 4.79 Å². The Morgan fingerprint density at radius 1 is 1.47 bits per heavy atom. The van der Waals surface area contributed by atoms with E-state index in [1.807, 2.05) is 0 Å². The third-order valence-corrected chi connectivity index (χ3v) is 3.19. The molecule has 1 amide bonds. The molecule has 0 atom stereocenters. The van der Waals surface area contributed by atoms with Crippen molar-refractivity contribution in [1.82, 2.24) is 20.3 Å². The molecule has 3 rings (SSSR count). The first-order valence-corrected chi connectivity index (χ1v) is 6.29. The van der Waals surface area contributed by atoms with Crippen LogP contribution in [0.4, 0.5) is 5.69 Å². The monoisotopic (exact) mass is 277 g/mol. The average molecular weight is 278 g/mol. The minimum Gasteiger partial charge on any atom is -0.320 e. The highest BCUT2D eigenvalue weighted by Crippen LogP contribution is 2.16. The van der Waals surface area contributed by atoms with Gasteiger partial charge in [-0.05, 0) is 18.2 Å². The van der Waals surface area contributed by atoms with Gasteiger partial charge in [0.2, 0.25) is 0 Å². The molecule has 1 saturated heterocycles. The summed E-state index contributed by atoms with van der Waals surface area (Å²) in [4.78, 5) is 12.0. The van der Waals surface area contributed by atoms with Gasteiger partial charge in [0.25, 0.3) is 5.91 Å². The smallest absolute Gasteiger partial charge is 0.277 e. The third kappa shape index (κ3) is 2.59. The predicted octanol–water partition coefficient (Wildman–Crippen LogP) is 1.33. The first kappa shape index (κ1) is 12.1. The van der Waals surface area contributed by atoms with Crippen LogP contribution in [0.3, 0.4) is 0 Å². The molecule has 0 aliphatic carbocycles. The van der Waals surface area contributed by atoms with Gasteiger partial charge < -0.3 is 10.6 Å². The fourth-order valence-electron chi connectivity index (χ4n) is 1.78. The van der Waals surface area contributed by atoms with Crippen LogP contribution in [0.1, 0.15) is 16.5 Å². The van der Waals surface area contributed by atoms with Gasteiger partial charge in [0.1, 0.15) is 0 Å². The highest BCUT2D eigenvalue weighted by atomic mass is 35.5. The number of halogens is 1. The molecule has 0 unspecified atom stereocenters. The SMILES string of the molecule is O=C(Nc1cccc(Cl)c1)c1cn(C2CNC2)nn1. The molecule has 0 saturated carbocycles. The van der Waals surface area contributed by atoms with E-state index in [1.165, 1.54) is 0 Å². The zero-order chi connectivity index (χ0) is 13.2. The molecule has 7 heteroatoms. The van der Waals surface area contributed by atoms with E-state index in [0.29, 0.717) is 22.4 Å². The summed E-state index contributed by atoms with van der Waals surface area (Å²) < 4.78 is 1.71. The van der Waals surface area contributed by atoms with Crippen LogP contribution in [-0.4, -0.2) is 34.0 Å². The summed E-state index contributed by atoms with van der Waals surface area (Å²) in [6.07, 6.45) is 1.66. The molecule has 1 aliphatic rings. The van der Waals surface area contributed by atoms with E-state index >= 15 is 0 Å². The van der Waals surface area contributed by atoms with Crippen molar-refractivity contribution in [2.24, 2.45) is 0 Å². The van der Waals surface area contributed by atoms with E-state index in [9.17, 15) is 4.79 Å². The number of hydrogen-bond acceptors (Lipinski definition) is 4. The van der Waals surface area contributed by atoms with Crippen molar-refractivity contribution in [1.29, 1.82) is 0 Å². The Bertz CT molecular complexity index is 608. The highest BCUT2D eigenvalue weighted by molar-refractivity contribution is 6.30. The van der Waals surface area contributed by atoms with Crippen molar-refractivity contribution >= 4 is 23.2 Å². The summed E-state index contributed by atoms with van der Waals surface area (Å²) in [5, 5.41) is 14.3. The van der Waals surface area contributed by atoms with Crippen LogP contribution < -0.4 is 10.6 Å². The second-order valence-corrected chi connectivity index (χ2v) is 4.80. The Hall–Kier alpha value is -1.92. The van der Waals surface area contributed by atoms with Gasteiger partial charge in [-0.25, -0.2) is 4.68 Å². The molecule has 0 radical (unpaired) electrons. The number of nitrogens with one attached hydrogen (secondary N) is 2. The summed E-state index contributed by atoms with van der Waals surface area (Å²) in [5.74, 6) is -0.291. The topological polar surface area (TPSA) is 71.8 Å². The van der Waals surface area contributed by atoms with Gasteiger partial charge in [-0.15, -0.1) is 5.10 Å². The Kier molecular flexibility index (Phi) is 3.18. The predicted molar refractivity (Wildman–Crippen MR) is 71.3 cm³/mol. The molecular formula is C12H12ClN5O. The lowest BCUT2D eigenvalue weighted by atomic mass is 10.2. The van der Waals surface area contributed by atoms with E-state index in [2.05, 4.69) is 20.9 Å². The molecule has 0 spiro atoms. The molecule has 1 aromatic carbocycles. The maximum Gasteiger partial charge on any atom is 0.277 e. The maximum absolute atomic E-state index is 12.0. The van der Waals surface area contributed by atoms with Gasteiger partial charge >= 0.3 is 0 Å². The lowest BCUT2D eigenvalue weighted by Gasteiger charge is -2.26. The summed E-state index contributed by atoms with van der Waals surface area (Å²) in [5.41, 5.74) is 0.934. The van der Waals surface area contributed by atoms with Crippen molar-refractivity contribution in [3.8, 4) is 0 Å². The largest absolute Gasteiger partial charge is 0.320 e. The van der Waals surface area contributed by atoms with Crippen LogP contribution in [0.25, 0.3) is 0 Å². The highest BCUT2D eigenvalue weighted by Gasteiger charge is 2.21. The molecular weight excluding hydrogens is 266 g/mol. The molecule has 0 bridgehead atoms. The van der Waals surface area contributed by atoms with Gasteiger partial charge in [0.05, 0.1) is 12.2 Å². The first-order valence-electron chi connectivity index (χ1n) is 5.92. The second-order valence-electron chi connectivity index (χ2n) is 4.36. The molecule has 2 N–H and O–H groups in total. The molecule has 19 heavy (non-hydrogen) atoms. The molecule has 98 valence electrons. The van der Waals surface area contributed by atoms with Gasteiger partial charge in [-0.1, -0.05) is 22.9 Å². The summed E-state index contributed by atoms with van der Waals surface area (Å²) >= 11 is 5.86.